The van der Waals surface area contributed by atoms with Gasteiger partial charge in [0, 0.05) is 0 Å². The summed E-state index contributed by atoms with van der Waals surface area (Å²) in [6, 6.07) is 0. The number of carboxylic acids is 1. The van der Waals surface area contributed by atoms with Crippen molar-refractivity contribution in [2.75, 3.05) is 0 Å². The van der Waals surface area contributed by atoms with Crippen molar-refractivity contribution in [2.45, 2.75) is 12.8 Å². The molecule has 0 spiro atoms. The molecule has 0 saturated heterocycles. The summed E-state index contributed by atoms with van der Waals surface area (Å²) in [5.74, 6) is -1.50. The van der Waals surface area contributed by atoms with E-state index < -0.39 is 11.9 Å². The highest BCUT2D eigenvalue weighted by Crippen LogP contribution is 2.35. The number of aliphatic carboxylic acids is 1. The van der Waals surface area contributed by atoms with Gasteiger partial charge in [0.1, 0.15) is 0 Å². The molecular formula is C8H10O2. The molecule has 1 aliphatic rings. The maximum absolute atomic E-state index is 10.4. The van der Waals surface area contributed by atoms with Gasteiger partial charge in [0.05, 0.1) is 5.92 Å². The van der Waals surface area contributed by atoms with Crippen molar-refractivity contribution in [1.29, 1.82) is 0 Å². The Balaban J connectivity index is 2.54. The van der Waals surface area contributed by atoms with Gasteiger partial charge in [0.15, 0.2) is 0 Å². The van der Waals surface area contributed by atoms with Crippen molar-refractivity contribution in [3.05, 3.63) is 13.8 Å². The van der Waals surface area contributed by atoms with E-state index in [2.05, 4.69) is 0 Å². The van der Waals surface area contributed by atoms with E-state index in [1.807, 2.05) is 0 Å². The molecule has 0 aromatic rings. The third-order valence-electron chi connectivity index (χ3n) is 1.97. The summed E-state index contributed by atoms with van der Waals surface area (Å²) in [6.45, 7) is 11.0. The molecule has 10 heavy (non-hydrogen) atoms. The Kier molecular flexibility index (Phi) is 1.97. The summed E-state index contributed by atoms with van der Waals surface area (Å²) >= 11 is 0. The first-order valence-electron chi connectivity index (χ1n) is 3.35. The molecule has 1 saturated carbocycles. The Morgan fingerprint density at radius 3 is 2.20 bits per heavy atom. The zero-order valence-corrected chi connectivity index (χ0v) is 5.66. The van der Waals surface area contributed by atoms with E-state index in [0.717, 1.165) is 0 Å². The zero-order chi connectivity index (χ0) is 7.72. The Hall–Kier alpha value is -0.530. The van der Waals surface area contributed by atoms with E-state index in [0.29, 0.717) is 12.8 Å². The molecule has 1 aliphatic carbocycles. The highest BCUT2D eigenvalue weighted by Gasteiger charge is 2.33. The monoisotopic (exact) mass is 138 g/mol. The molecule has 54 valence electrons. The largest absolute Gasteiger partial charge is 0.481 e. The summed E-state index contributed by atoms with van der Waals surface area (Å²) in [6.07, 6.45) is 1.16. The molecule has 1 fully saturated rings. The molecule has 1 N–H and O–H groups in total. The molecule has 2 nitrogen and oxygen atoms in total. The Morgan fingerprint density at radius 2 is 2.00 bits per heavy atom. The molecule has 0 amide bonds. The van der Waals surface area contributed by atoms with Gasteiger partial charge in [-0.15, -0.1) is 0 Å². The van der Waals surface area contributed by atoms with E-state index in [-0.39, 0.29) is 11.8 Å². The average Bonchev–Trinajstić information content (AvgIpc) is 2.10. The van der Waals surface area contributed by atoms with Crippen LogP contribution in [0.1, 0.15) is 12.8 Å². The van der Waals surface area contributed by atoms with E-state index in [4.69, 9.17) is 19.0 Å². The van der Waals surface area contributed by atoms with Crippen molar-refractivity contribution in [3.63, 3.8) is 0 Å². The van der Waals surface area contributed by atoms with E-state index in [1.54, 1.807) is 0 Å². The minimum Gasteiger partial charge on any atom is -0.481 e. The maximum Gasteiger partial charge on any atom is 0.306 e. The van der Waals surface area contributed by atoms with Gasteiger partial charge in [-0.25, -0.2) is 0 Å². The quantitative estimate of drug-likeness (QED) is 0.589. The normalized spacial score (nSPS) is 40.0. The first-order valence-corrected chi connectivity index (χ1v) is 3.35. The van der Waals surface area contributed by atoms with Crippen molar-refractivity contribution < 1.29 is 9.90 Å². The van der Waals surface area contributed by atoms with Gasteiger partial charge < -0.3 is 5.11 Å². The molecule has 0 aromatic heterocycles. The second-order valence-electron chi connectivity index (χ2n) is 2.84. The lowest BCUT2D eigenvalue weighted by molar-refractivity contribution is -0.142. The Labute approximate surface area is 61.2 Å². The number of rotatable bonds is 1. The predicted octanol–water partition coefficient (Wildman–Crippen LogP) is 1.14. The molecule has 0 bridgehead atoms. The Morgan fingerprint density at radius 1 is 1.40 bits per heavy atom. The van der Waals surface area contributed by atoms with Crippen LogP contribution in [0, 0.1) is 31.6 Å². The summed E-state index contributed by atoms with van der Waals surface area (Å²) in [7, 11) is 0. The Bertz CT molecular complexity index is 142. The molecule has 1 rings (SSSR count). The summed E-state index contributed by atoms with van der Waals surface area (Å²) < 4.78 is 0. The lowest BCUT2D eigenvalue weighted by atomic mass is 9.99. The van der Waals surface area contributed by atoms with Gasteiger partial charge in [-0.1, -0.05) is 0 Å². The van der Waals surface area contributed by atoms with Crippen LogP contribution in [-0.2, 0) is 4.79 Å². The van der Waals surface area contributed by atoms with Crippen LogP contribution in [0.15, 0.2) is 0 Å². The van der Waals surface area contributed by atoms with Crippen molar-refractivity contribution in [3.8, 4) is 0 Å². The lowest BCUT2D eigenvalue weighted by Gasteiger charge is -2.06. The van der Waals surface area contributed by atoms with Crippen LogP contribution in [0.25, 0.3) is 0 Å². The lowest BCUT2D eigenvalue weighted by Crippen LogP contribution is -2.15. The SMILES string of the molecule is [CH]C1CC([CH])C(C(=O)O)C1. The first kappa shape index (κ1) is 7.58. The van der Waals surface area contributed by atoms with Crippen LogP contribution in [0.5, 0.6) is 0 Å². The fourth-order valence-electron chi connectivity index (χ4n) is 1.39. The maximum atomic E-state index is 10.4. The standard InChI is InChI=1S/C8H10O2/c1-5-3-6(2)7(4-5)8(9)10/h1-2,5-7H,3-4H2,(H,9,10). The molecular weight excluding hydrogens is 128 g/mol. The van der Waals surface area contributed by atoms with Crippen LogP contribution in [-0.4, -0.2) is 11.1 Å². The molecule has 0 heterocycles. The van der Waals surface area contributed by atoms with Crippen LogP contribution < -0.4 is 0 Å². The molecule has 3 unspecified atom stereocenters. The van der Waals surface area contributed by atoms with E-state index in [1.165, 1.54) is 0 Å². The average molecular weight is 138 g/mol. The molecule has 0 aliphatic heterocycles. The van der Waals surface area contributed by atoms with Gasteiger partial charge in [0.25, 0.3) is 0 Å². The van der Waals surface area contributed by atoms with Crippen LogP contribution >= 0.6 is 0 Å². The molecule has 4 radical (unpaired) electrons. The highest BCUT2D eigenvalue weighted by atomic mass is 16.4. The van der Waals surface area contributed by atoms with Gasteiger partial charge in [-0.3, -0.25) is 4.79 Å². The fourth-order valence-corrected chi connectivity index (χ4v) is 1.39. The fraction of sp³-hybridized carbons (Fsp3) is 0.625. The van der Waals surface area contributed by atoms with E-state index in [9.17, 15) is 4.79 Å². The summed E-state index contributed by atoms with van der Waals surface area (Å²) in [5, 5.41) is 8.57. The van der Waals surface area contributed by atoms with Gasteiger partial charge in [0.2, 0.25) is 0 Å². The zero-order valence-electron chi connectivity index (χ0n) is 5.66. The second-order valence-corrected chi connectivity index (χ2v) is 2.84. The molecule has 3 atom stereocenters. The smallest absolute Gasteiger partial charge is 0.306 e. The topological polar surface area (TPSA) is 37.3 Å². The summed E-state index contributed by atoms with van der Waals surface area (Å²) in [5.41, 5.74) is 0. The van der Waals surface area contributed by atoms with Gasteiger partial charge in [-0.05, 0) is 38.5 Å². The molecule has 2 heteroatoms. The number of hydrogen-bond acceptors (Lipinski definition) is 1. The molecule has 0 aromatic carbocycles. The van der Waals surface area contributed by atoms with Gasteiger partial charge in [-0.2, -0.15) is 0 Å². The van der Waals surface area contributed by atoms with Gasteiger partial charge >= 0.3 is 5.97 Å². The van der Waals surface area contributed by atoms with Crippen LogP contribution in [0.3, 0.4) is 0 Å². The summed E-state index contributed by atoms with van der Waals surface area (Å²) in [4.78, 5) is 10.4. The van der Waals surface area contributed by atoms with Crippen LogP contribution in [0.4, 0.5) is 0 Å². The number of hydrogen-bond donors (Lipinski definition) is 1. The highest BCUT2D eigenvalue weighted by molar-refractivity contribution is 5.70. The third kappa shape index (κ3) is 1.31. The number of carboxylic acid groups (broad SMARTS) is 1. The minimum atomic E-state index is -0.819. The minimum absolute atomic E-state index is 0.0175. The second kappa shape index (κ2) is 2.60. The van der Waals surface area contributed by atoms with Crippen molar-refractivity contribution >= 4 is 5.97 Å². The van der Waals surface area contributed by atoms with Crippen molar-refractivity contribution in [2.24, 2.45) is 17.8 Å². The predicted molar refractivity (Wildman–Crippen MR) is 35.9 cm³/mol. The van der Waals surface area contributed by atoms with Crippen molar-refractivity contribution in [1.82, 2.24) is 0 Å². The van der Waals surface area contributed by atoms with E-state index >= 15 is 0 Å². The first-order chi connectivity index (χ1) is 4.61. The number of carbonyl (C=O) groups is 1. The van der Waals surface area contributed by atoms with Crippen LogP contribution in [0.2, 0.25) is 0 Å². The third-order valence-corrected chi connectivity index (χ3v) is 1.97.